The van der Waals surface area contributed by atoms with Gasteiger partial charge in [0.15, 0.2) is 5.15 Å². The number of fused-ring (bicyclic) bond motifs is 1. The van der Waals surface area contributed by atoms with Crippen molar-refractivity contribution in [2.75, 3.05) is 5.73 Å². The van der Waals surface area contributed by atoms with Crippen LogP contribution in [-0.2, 0) is 0 Å². The maximum Gasteiger partial charge on any atom is 0.157 e. The summed E-state index contributed by atoms with van der Waals surface area (Å²) in [6.45, 7) is 0. The van der Waals surface area contributed by atoms with E-state index in [-0.39, 0.29) is 0 Å². The van der Waals surface area contributed by atoms with E-state index in [1.165, 1.54) is 0 Å². The standard InChI is InChI=1S/C13H9Cl2N3/c14-9-5-3-8(4-6-9)13-17-12(15)11-10(16)2-1-7-18(11)13/h1-7H,16H2. The molecular weight excluding hydrogens is 269 g/mol. The van der Waals surface area contributed by atoms with Crippen molar-refractivity contribution in [3.05, 3.63) is 52.8 Å². The molecule has 3 nitrogen and oxygen atoms in total. The molecule has 3 rings (SSSR count). The van der Waals surface area contributed by atoms with E-state index < -0.39 is 0 Å². The van der Waals surface area contributed by atoms with Crippen LogP contribution < -0.4 is 5.73 Å². The van der Waals surface area contributed by atoms with Gasteiger partial charge in [-0.1, -0.05) is 23.2 Å². The molecule has 2 N–H and O–H groups in total. The molecule has 0 radical (unpaired) electrons. The number of halogens is 2. The minimum absolute atomic E-state index is 0.401. The lowest BCUT2D eigenvalue weighted by Crippen LogP contribution is -1.92. The van der Waals surface area contributed by atoms with E-state index in [1.54, 1.807) is 6.07 Å². The molecule has 1 aromatic carbocycles. The van der Waals surface area contributed by atoms with Crippen LogP contribution in [0.3, 0.4) is 0 Å². The summed E-state index contributed by atoms with van der Waals surface area (Å²) < 4.78 is 1.88. The lowest BCUT2D eigenvalue weighted by Gasteiger charge is -2.02. The summed E-state index contributed by atoms with van der Waals surface area (Å²) >= 11 is 12.0. The Morgan fingerprint density at radius 2 is 1.78 bits per heavy atom. The second-order valence-corrected chi connectivity index (χ2v) is 4.71. The molecule has 90 valence electrons. The van der Waals surface area contributed by atoms with Crippen LogP contribution in [0.25, 0.3) is 16.9 Å². The topological polar surface area (TPSA) is 43.3 Å². The normalized spacial score (nSPS) is 11.0. The summed E-state index contributed by atoms with van der Waals surface area (Å²) in [7, 11) is 0. The van der Waals surface area contributed by atoms with Gasteiger partial charge in [0.05, 0.1) is 5.69 Å². The first-order valence-corrected chi connectivity index (χ1v) is 6.10. The molecule has 0 amide bonds. The smallest absolute Gasteiger partial charge is 0.157 e. The number of rotatable bonds is 1. The number of imidazole rings is 1. The highest BCUT2D eigenvalue weighted by Gasteiger charge is 2.12. The Morgan fingerprint density at radius 1 is 1.06 bits per heavy atom. The van der Waals surface area contributed by atoms with Gasteiger partial charge in [-0.3, -0.25) is 4.40 Å². The molecule has 3 aromatic rings. The number of nitrogens with two attached hydrogens (primary N) is 1. The molecule has 2 aromatic heterocycles. The lowest BCUT2D eigenvalue weighted by molar-refractivity contribution is 1.16. The summed E-state index contributed by atoms with van der Waals surface area (Å²) in [6.07, 6.45) is 1.88. The van der Waals surface area contributed by atoms with Crippen LogP contribution in [0.2, 0.25) is 10.2 Å². The third-order valence-electron chi connectivity index (χ3n) is 2.76. The number of pyridine rings is 1. The van der Waals surface area contributed by atoms with Gasteiger partial charge in [0.1, 0.15) is 11.3 Å². The average Bonchev–Trinajstić information content (AvgIpc) is 2.69. The summed E-state index contributed by atoms with van der Waals surface area (Å²) in [4.78, 5) is 4.36. The van der Waals surface area contributed by atoms with Crippen LogP contribution >= 0.6 is 23.2 Å². The number of aromatic nitrogens is 2. The monoisotopic (exact) mass is 277 g/mol. The van der Waals surface area contributed by atoms with Crippen molar-refractivity contribution in [3.63, 3.8) is 0 Å². The summed E-state index contributed by atoms with van der Waals surface area (Å²) in [5.41, 5.74) is 8.18. The molecule has 5 heteroatoms. The zero-order chi connectivity index (χ0) is 12.7. The zero-order valence-electron chi connectivity index (χ0n) is 9.27. The van der Waals surface area contributed by atoms with Crippen molar-refractivity contribution in [1.29, 1.82) is 0 Å². The molecule has 0 bridgehead atoms. The summed E-state index contributed by atoms with van der Waals surface area (Å²) in [5, 5.41) is 1.09. The van der Waals surface area contributed by atoms with Crippen LogP contribution in [0.5, 0.6) is 0 Å². The van der Waals surface area contributed by atoms with E-state index in [2.05, 4.69) is 4.98 Å². The molecule has 0 aliphatic rings. The Kier molecular flexibility index (Phi) is 2.65. The van der Waals surface area contributed by atoms with E-state index in [0.29, 0.717) is 15.9 Å². The van der Waals surface area contributed by atoms with Gasteiger partial charge in [-0.05, 0) is 36.4 Å². The minimum atomic E-state index is 0.401. The SMILES string of the molecule is Nc1cccn2c(-c3ccc(Cl)cc3)nc(Cl)c12. The first-order valence-electron chi connectivity index (χ1n) is 5.35. The Balaban J connectivity index is 2.30. The van der Waals surface area contributed by atoms with E-state index in [0.717, 1.165) is 16.9 Å². The molecule has 0 atom stereocenters. The first-order chi connectivity index (χ1) is 8.66. The molecule has 0 aliphatic heterocycles. The van der Waals surface area contributed by atoms with Gasteiger partial charge in [0, 0.05) is 16.8 Å². The van der Waals surface area contributed by atoms with Gasteiger partial charge in [-0.15, -0.1) is 0 Å². The predicted molar refractivity (Wildman–Crippen MR) is 75.1 cm³/mol. The fraction of sp³-hybridized carbons (Fsp3) is 0. The third kappa shape index (κ3) is 1.72. The zero-order valence-corrected chi connectivity index (χ0v) is 10.8. The van der Waals surface area contributed by atoms with Crippen LogP contribution in [0.1, 0.15) is 0 Å². The molecule has 2 heterocycles. The van der Waals surface area contributed by atoms with Gasteiger partial charge in [0.2, 0.25) is 0 Å². The molecule has 0 aliphatic carbocycles. The fourth-order valence-electron chi connectivity index (χ4n) is 1.92. The third-order valence-corrected chi connectivity index (χ3v) is 3.27. The fourth-order valence-corrected chi connectivity index (χ4v) is 2.33. The minimum Gasteiger partial charge on any atom is -0.397 e. The van der Waals surface area contributed by atoms with Gasteiger partial charge in [-0.2, -0.15) is 0 Å². The van der Waals surface area contributed by atoms with E-state index >= 15 is 0 Å². The number of nitrogens with zero attached hydrogens (tertiary/aromatic N) is 2. The lowest BCUT2D eigenvalue weighted by atomic mass is 10.2. The first kappa shape index (κ1) is 11.4. The van der Waals surface area contributed by atoms with E-state index in [1.807, 2.05) is 40.9 Å². The molecule has 0 spiro atoms. The molecule has 0 unspecified atom stereocenters. The van der Waals surface area contributed by atoms with Crippen molar-refractivity contribution in [1.82, 2.24) is 9.38 Å². The highest BCUT2D eigenvalue weighted by molar-refractivity contribution is 6.33. The van der Waals surface area contributed by atoms with Crippen molar-refractivity contribution in [2.24, 2.45) is 0 Å². The second-order valence-electron chi connectivity index (χ2n) is 3.92. The van der Waals surface area contributed by atoms with Crippen LogP contribution in [0.4, 0.5) is 5.69 Å². The van der Waals surface area contributed by atoms with Crippen molar-refractivity contribution in [3.8, 4) is 11.4 Å². The highest BCUT2D eigenvalue weighted by Crippen LogP contribution is 2.29. The number of anilines is 1. The highest BCUT2D eigenvalue weighted by atomic mass is 35.5. The molecule has 0 saturated carbocycles. The van der Waals surface area contributed by atoms with Crippen molar-refractivity contribution < 1.29 is 0 Å². The van der Waals surface area contributed by atoms with Gasteiger partial charge < -0.3 is 5.73 Å². The van der Waals surface area contributed by atoms with Crippen molar-refractivity contribution in [2.45, 2.75) is 0 Å². The van der Waals surface area contributed by atoms with E-state index in [4.69, 9.17) is 28.9 Å². The summed E-state index contributed by atoms with van der Waals surface area (Å²) in [5.74, 6) is 0.749. The Labute approximate surface area is 114 Å². The largest absolute Gasteiger partial charge is 0.397 e. The van der Waals surface area contributed by atoms with Gasteiger partial charge >= 0.3 is 0 Å². The molecule has 18 heavy (non-hydrogen) atoms. The van der Waals surface area contributed by atoms with Gasteiger partial charge in [-0.25, -0.2) is 4.98 Å². The quantitative estimate of drug-likeness (QED) is 0.733. The van der Waals surface area contributed by atoms with E-state index in [9.17, 15) is 0 Å². The van der Waals surface area contributed by atoms with Crippen molar-refractivity contribution >= 4 is 34.4 Å². The predicted octanol–water partition coefficient (Wildman–Crippen LogP) is 3.89. The number of nitrogen functional groups attached to an aromatic ring is 1. The molecular formula is C13H9Cl2N3. The van der Waals surface area contributed by atoms with Gasteiger partial charge in [0.25, 0.3) is 0 Å². The Morgan fingerprint density at radius 3 is 2.50 bits per heavy atom. The Hall–Kier alpha value is -1.71. The summed E-state index contributed by atoms with van der Waals surface area (Å²) in [6, 6.07) is 11.1. The van der Waals surface area contributed by atoms with Crippen LogP contribution in [0.15, 0.2) is 42.6 Å². The van der Waals surface area contributed by atoms with Crippen LogP contribution in [-0.4, -0.2) is 9.38 Å². The Bertz CT molecular complexity index is 717. The maximum atomic E-state index is 6.13. The number of benzene rings is 1. The number of hydrogen-bond donors (Lipinski definition) is 1. The molecule has 0 saturated heterocycles. The average molecular weight is 278 g/mol. The number of hydrogen-bond acceptors (Lipinski definition) is 2. The van der Waals surface area contributed by atoms with Crippen LogP contribution in [0, 0.1) is 0 Å². The molecule has 0 fully saturated rings. The second kappa shape index (κ2) is 4.19. The maximum absolute atomic E-state index is 6.13.